The summed E-state index contributed by atoms with van der Waals surface area (Å²) in [5.74, 6) is 1.18. The summed E-state index contributed by atoms with van der Waals surface area (Å²) in [6.45, 7) is 2.31. The van der Waals surface area contributed by atoms with Gasteiger partial charge in [0.2, 0.25) is 5.91 Å². The van der Waals surface area contributed by atoms with Gasteiger partial charge in [0.15, 0.2) is 0 Å². The summed E-state index contributed by atoms with van der Waals surface area (Å²) >= 11 is 0. The van der Waals surface area contributed by atoms with Gasteiger partial charge < -0.3 is 5.32 Å². The highest BCUT2D eigenvalue weighted by atomic mass is 16.2. The van der Waals surface area contributed by atoms with Crippen molar-refractivity contribution in [3.8, 4) is 6.07 Å². The largest absolute Gasteiger partial charge is 0.326 e. The van der Waals surface area contributed by atoms with Crippen LogP contribution in [0.4, 0.5) is 5.69 Å². The first kappa shape index (κ1) is 13.2. The molecule has 0 radical (unpaired) electrons. The number of carbonyl (C=O) groups excluding carboxylic acids is 1. The number of hydrogen-bond acceptors (Lipinski definition) is 2. The molecule has 2 fully saturated rings. The van der Waals surface area contributed by atoms with Crippen molar-refractivity contribution in [2.45, 2.75) is 39.0 Å². The Kier molecular flexibility index (Phi) is 3.25. The number of hydrogen-bond donors (Lipinski definition) is 1. The van der Waals surface area contributed by atoms with Crippen molar-refractivity contribution in [1.82, 2.24) is 0 Å². The summed E-state index contributed by atoms with van der Waals surface area (Å²) in [4.78, 5) is 12.3. The molecule has 0 aliphatic heterocycles. The Hall–Kier alpha value is -1.82. The van der Waals surface area contributed by atoms with E-state index in [2.05, 4.69) is 18.3 Å². The second kappa shape index (κ2) is 4.94. The summed E-state index contributed by atoms with van der Waals surface area (Å²) in [5.41, 5.74) is 1.72. The van der Waals surface area contributed by atoms with Gasteiger partial charge in [0, 0.05) is 11.6 Å². The number of amides is 1. The van der Waals surface area contributed by atoms with E-state index < -0.39 is 0 Å². The summed E-state index contributed by atoms with van der Waals surface area (Å²) in [6.07, 6.45) is 6.00. The van der Waals surface area contributed by atoms with Crippen molar-refractivity contribution >= 4 is 11.6 Å². The van der Waals surface area contributed by atoms with Crippen LogP contribution in [0, 0.1) is 28.6 Å². The fraction of sp³-hybridized carbons (Fsp3) is 0.529. The first-order valence-corrected chi connectivity index (χ1v) is 7.44. The van der Waals surface area contributed by atoms with Crippen molar-refractivity contribution < 1.29 is 4.79 Å². The number of benzene rings is 1. The molecule has 0 saturated heterocycles. The zero-order valence-electron chi connectivity index (χ0n) is 11.9. The van der Waals surface area contributed by atoms with Gasteiger partial charge in [-0.3, -0.25) is 4.79 Å². The molecule has 0 bridgehead atoms. The Morgan fingerprint density at radius 2 is 1.95 bits per heavy atom. The molecule has 1 unspecified atom stereocenters. The quantitative estimate of drug-likeness (QED) is 0.888. The maximum Gasteiger partial charge on any atom is 0.228 e. The van der Waals surface area contributed by atoms with Crippen LogP contribution in [0.1, 0.15) is 44.6 Å². The molecule has 0 aromatic heterocycles. The third kappa shape index (κ3) is 2.43. The van der Waals surface area contributed by atoms with Gasteiger partial charge in [0.1, 0.15) is 0 Å². The lowest BCUT2D eigenvalue weighted by molar-refractivity contribution is -0.118. The molecule has 1 atom stereocenters. The molecular weight excluding hydrogens is 248 g/mol. The van der Waals surface area contributed by atoms with Crippen LogP contribution < -0.4 is 5.32 Å². The highest BCUT2D eigenvalue weighted by Crippen LogP contribution is 2.62. The van der Waals surface area contributed by atoms with Crippen LogP contribution in [0.3, 0.4) is 0 Å². The number of carbonyl (C=O) groups is 1. The van der Waals surface area contributed by atoms with E-state index in [0.717, 1.165) is 18.0 Å². The lowest BCUT2D eigenvalue weighted by Gasteiger charge is -2.26. The Labute approximate surface area is 120 Å². The molecule has 3 rings (SSSR count). The molecule has 2 aliphatic carbocycles. The Morgan fingerprint density at radius 3 is 2.55 bits per heavy atom. The number of nitriles is 1. The lowest BCUT2D eigenvalue weighted by Crippen LogP contribution is -2.22. The van der Waals surface area contributed by atoms with Crippen molar-refractivity contribution in [3.63, 3.8) is 0 Å². The smallest absolute Gasteiger partial charge is 0.228 e. The van der Waals surface area contributed by atoms with Crippen LogP contribution >= 0.6 is 0 Å². The fourth-order valence-corrected chi connectivity index (χ4v) is 3.47. The third-order valence-corrected chi connectivity index (χ3v) is 5.06. The van der Waals surface area contributed by atoms with Gasteiger partial charge in [-0.1, -0.05) is 19.8 Å². The van der Waals surface area contributed by atoms with Crippen LogP contribution in [-0.2, 0) is 4.79 Å². The fourth-order valence-electron chi connectivity index (χ4n) is 3.47. The highest BCUT2D eigenvalue weighted by Gasteiger charge is 2.58. The van der Waals surface area contributed by atoms with Crippen LogP contribution in [-0.4, -0.2) is 5.91 Å². The van der Waals surface area contributed by atoms with Gasteiger partial charge in [-0.15, -0.1) is 0 Å². The monoisotopic (exact) mass is 268 g/mol. The van der Waals surface area contributed by atoms with E-state index in [-0.39, 0.29) is 11.8 Å². The Morgan fingerprint density at radius 1 is 1.30 bits per heavy atom. The summed E-state index contributed by atoms with van der Waals surface area (Å²) in [6, 6.07) is 9.15. The molecule has 1 amide bonds. The molecule has 2 aliphatic rings. The maximum atomic E-state index is 12.3. The summed E-state index contributed by atoms with van der Waals surface area (Å²) in [5, 5.41) is 11.7. The van der Waals surface area contributed by atoms with Crippen LogP contribution in [0.5, 0.6) is 0 Å². The average Bonchev–Trinajstić information content (AvgIpc) is 3.18. The van der Waals surface area contributed by atoms with E-state index in [4.69, 9.17) is 5.26 Å². The topological polar surface area (TPSA) is 52.9 Å². The minimum Gasteiger partial charge on any atom is -0.326 e. The molecular formula is C17H20N2O. The van der Waals surface area contributed by atoms with Gasteiger partial charge >= 0.3 is 0 Å². The second-order valence-electron chi connectivity index (χ2n) is 6.48. The van der Waals surface area contributed by atoms with E-state index in [9.17, 15) is 4.79 Å². The molecule has 20 heavy (non-hydrogen) atoms. The SMILES string of the molecule is CC1CCC2(CC1)CC2C(=O)Nc1ccc(C#N)cc1. The first-order valence-electron chi connectivity index (χ1n) is 7.44. The number of nitrogens with one attached hydrogen (secondary N) is 1. The van der Waals surface area contributed by atoms with E-state index >= 15 is 0 Å². The predicted molar refractivity (Wildman–Crippen MR) is 78.0 cm³/mol. The Balaban J connectivity index is 1.59. The molecule has 0 heterocycles. The van der Waals surface area contributed by atoms with E-state index in [1.165, 1.54) is 25.7 Å². The molecule has 2 saturated carbocycles. The average molecular weight is 268 g/mol. The molecule has 1 aromatic carbocycles. The minimum atomic E-state index is 0.157. The number of nitrogens with zero attached hydrogens (tertiary/aromatic N) is 1. The zero-order valence-corrected chi connectivity index (χ0v) is 11.9. The molecule has 1 spiro atoms. The molecule has 104 valence electrons. The number of anilines is 1. The predicted octanol–water partition coefficient (Wildman–Crippen LogP) is 3.71. The van der Waals surface area contributed by atoms with Gasteiger partial charge in [0.25, 0.3) is 0 Å². The Bertz CT molecular complexity index is 547. The molecule has 1 aromatic rings. The van der Waals surface area contributed by atoms with Crippen LogP contribution in [0.15, 0.2) is 24.3 Å². The van der Waals surface area contributed by atoms with Crippen molar-refractivity contribution in [2.24, 2.45) is 17.3 Å². The normalized spacial score (nSPS) is 31.6. The third-order valence-electron chi connectivity index (χ3n) is 5.06. The second-order valence-corrected chi connectivity index (χ2v) is 6.48. The maximum absolute atomic E-state index is 12.3. The van der Waals surface area contributed by atoms with E-state index in [0.29, 0.717) is 11.0 Å². The molecule has 3 nitrogen and oxygen atoms in total. The van der Waals surface area contributed by atoms with Crippen molar-refractivity contribution in [2.75, 3.05) is 5.32 Å². The van der Waals surface area contributed by atoms with Crippen molar-refractivity contribution in [1.29, 1.82) is 5.26 Å². The summed E-state index contributed by atoms with van der Waals surface area (Å²) < 4.78 is 0. The van der Waals surface area contributed by atoms with Gasteiger partial charge in [-0.05, 0) is 54.9 Å². The van der Waals surface area contributed by atoms with Crippen molar-refractivity contribution in [3.05, 3.63) is 29.8 Å². The van der Waals surface area contributed by atoms with Gasteiger partial charge in [-0.2, -0.15) is 5.26 Å². The van der Waals surface area contributed by atoms with E-state index in [1.54, 1.807) is 24.3 Å². The molecule has 1 N–H and O–H groups in total. The van der Waals surface area contributed by atoms with E-state index in [1.807, 2.05) is 0 Å². The minimum absolute atomic E-state index is 0.157. The highest BCUT2D eigenvalue weighted by molar-refractivity contribution is 5.95. The van der Waals surface area contributed by atoms with Gasteiger partial charge in [0.05, 0.1) is 11.6 Å². The standard InChI is InChI=1S/C17H20N2O/c1-12-6-8-17(9-7-12)10-15(17)16(20)19-14-4-2-13(11-18)3-5-14/h2-5,12,15H,6-10H2,1H3,(H,19,20). The zero-order chi connectivity index (χ0) is 14.2. The summed E-state index contributed by atoms with van der Waals surface area (Å²) in [7, 11) is 0. The molecule has 3 heteroatoms. The van der Waals surface area contributed by atoms with Crippen LogP contribution in [0.2, 0.25) is 0 Å². The first-order chi connectivity index (χ1) is 9.63. The van der Waals surface area contributed by atoms with Crippen LogP contribution in [0.25, 0.3) is 0 Å². The van der Waals surface area contributed by atoms with Gasteiger partial charge in [-0.25, -0.2) is 0 Å². The lowest BCUT2D eigenvalue weighted by atomic mass is 9.79. The number of rotatable bonds is 2.